The maximum absolute atomic E-state index is 5.94. The van der Waals surface area contributed by atoms with Gasteiger partial charge in [-0.25, -0.2) is 0 Å². The summed E-state index contributed by atoms with van der Waals surface area (Å²) in [5, 5.41) is 0. The number of hydrogen-bond donors (Lipinski definition) is 1. The van der Waals surface area contributed by atoms with E-state index in [4.69, 9.17) is 5.73 Å². The van der Waals surface area contributed by atoms with Gasteiger partial charge in [0.05, 0.1) is 0 Å². The summed E-state index contributed by atoms with van der Waals surface area (Å²) in [6, 6.07) is 7.31. The maximum atomic E-state index is 5.94. The van der Waals surface area contributed by atoms with Crippen molar-refractivity contribution in [2.24, 2.45) is 5.73 Å². The van der Waals surface area contributed by atoms with Crippen LogP contribution >= 0.6 is 15.9 Å². The van der Waals surface area contributed by atoms with E-state index in [1.807, 2.05) is 6.92 Å². The third-order valence-corrected chi connectivity index (χ3v) is 4.69. The van der Waals surface area contributed by atoms with Crippen molar-refractivity contribution in [3.05, 3.63) is 28.2 Å². The van der Waals surface area contributed by atoms with Crippen molar-refractivity contribution in [3.63, 3.8) is 0 Å². The van der Waals surface area contributed by atoms with Gasteiger partial charge in [0.2, 0.25) is 0 Å². The minimum atomic E-state index is 0.0772. The van der Waals surface area contributed by atoms with Gasteiger partial charge >= 0.3 is 0 Å². The SMILES string of the molecule is C[C@@H](N)c1ccc(N(C)C2CCCCC2)cc1Br. The van der Waals surface area contributed by atoms with Crippen molar-refractivity contribution in [3.8, 4) is 0 Å². The normalized spacial score (nSPS) is 18.7. The van der Waals surface area contributed by atoms with Crippen LogP contribution in [0, 0.1) is 0 Å². The van der Waals surface area contributed by atoms with Gasteiger partial charge in [0.25, 0.3) is 0 Å². The lowest BCUT2D eigenvalue weighted by atomic mass is 9.94. The van der Waals surface area contributed by atoms with Crippen molar-refractivity contribution >= 4 is 21.6 Å². The Morgan fingerprint density at radius 1 is 1.28 bits per heavy atom. The second-order valence-corrected chi connectivity index (χ2v) is 6.25. The molecule has 2 N–H and O–H groups in total. The molecule has 2 nitrogen and oxygen atoms in total. The van der Waals surface area contributed by atoms with E-state index in [1.54, 1.807) is 0 Å². The topological polar surface area (TPSA) is 29.3 Å². The van der Waals surface area contributed by atoms with Crippen molar-refractivity contribution in [2.75, 3.05) is 11.9 Å². The summed E-state index contributed by atoms with van der Waals surface area (Å²) >= 11 is 3.63. The number of halogens is 1. The zero-order valence-corrected chi connectivity index (χ0v) is 12.9. The van der Waals surface area contributed by atoms with E-state index in [9.17, 15) is 0 Å². The fraction of sp³-hybridized carbons (Fsp3) is 0.600. The molecule has 0 aliphatic heterocycles. The van der Waals surface area contributed by atoms with Gasteiger partial charge in [0, 0.05) is 29.3 Å². The van der Waals surface area contributed by atoms with E-state index >= 15 is 0 Å². The third-order valence-electron chi connectivity index (χ3n) is 4.00. The number of benzene rings is 1. The molecule has 0 amide bonds. The van der Waals surface area contributed by atoms with Gasteiger partial charge in [0.15, 0.2) is 0 Å². The summed E-state index contributed by atoms with van der Waals surface area (Å²) in [6.07, 6.45) is 6.78. The lowest BCUT2D eigenvalue weighted by Gasteiger charge is -2.33. The lowest BCUT2D eigenvalue weighted by Crippen LogP contribution is -2.33. The summed E-state index contributed by atoms with van der Waals surface area (Å²) in [4.78, 5) is 2.43. The van der Waals surface area contributed by atoms with Crippen LogP contribution in [0.15, 0.2) is 22.7 Å². The average molecular weight is 311 g/mol. The minimum absolute atomic E-state index is 0.0772. The molecule has 1 aromatic rings. The van der Waals surface area contributed by atoms with Crippen LogP contribution in [-0.2, 0) is 0 Å². The van der Waals surface area contributed by atoms with Crippen LogP contribution in [0.1, 0.15) is 50.6 Å². The van der Waals surface area contributed by atoms with E-state index in [0.29, 0.717) is 6.04 Å². The minimum Gasteiger partial charge on any atom is -0.372 e. The van der Waals surface area contributed by atoms with E-state index in [2.05, 4.69) is 46.1 Å². The maximum Gasteiger partial charge on any atom is 0.0377 e. The first-order valence-corrected chi connectivity index (χ1v) is 7.66. The number of nitrogens with zero attached hydrogens (tertiary/aromatic N) is 1. The molecule has 0 unspecified atom stereocenters. The molecule has 1 aliphatic carbocycles. The Kier molecular flexibility index (Phi) is 4.68. The Balaban J connectivity index is 2.15. The Morgan fingerprint density at radius 2 is 1.94 bits per heavy atom. The Hall–Kier alpha value is -0.540. The molecule has 18 heavy (non-hydrogen) atoms. The van der Waals surface area contributed by atoms with Gasteiger partial charge in [-0.1, -0.05) is 41.3 Å². The van der Waals surface area contributed by atoms with Gasteiger partial charge in [-0.05, 0) is 37.5 Å². The first-order chi connectivity index (χ1) is 8.59. The number of nitrogens with two attached hydrogens (primary N) is 1. The highest BCUT2D eigenvalue weighted by molar-refractivity contribution is 9.10. The molecule has 1 saturated carbocycles. The fourth-order valence-electron chi connectivity index (χ4n) is 2.78. The number of hydrogen-bond acceptors (Lipinski definition) is 2. The summed E-state index contributed by atoms with van der Waals surface area (Å²) in [5.41, 5.74) is 8.41. The highest BCUT2D eigenvalue weighted by Crippen LogP contribution is 2.30. The highest BCUT2D eigenvalue weighted by atomic mass is 79.9. The average Bonchev–Trinajstić information content (AvgIpc) is 2.38. The molecule has 3 heteroatoms. The molecule has 0 heterocycles. The first kappa shape index (κ1) is 13.9. The molecule has 0 radical (unpaired) electrons. The van der Waals surface area contributed by atoms with E-state index in [0.717, 1.165) is 4.47 Å². The van der Waals surface area contributed by atoms with E-state index in [1.165, 1.54) is 43.4 Å². The van der Waals surface area contributed by atoms with Crippen LogP contribution in [0.5, 0.6) is 0 Å². The second kappa shape index (κ2) is 6.07. The summed E-state index contributed by atoms with van der Waals surface area (Å²) in [6.45, 7) is 2.02. The molecule has 100 valence electrons. The van der Waals surface area contributed by atoms with Crippen molar-refractivity contribution in [1.82, 2.24) is 0 Å². The van der Waals surface area contributed by atoms with Crippen LogP contribution in [0.4, 0.5) is 5.69 Å². The predicted octanol–water partition coefficient (Wildman–Crippen LogP) is 4.24. The van der Waals surface area contributed by atoms with Gasteiger partial charge in [-0.3, -0.25) is 0 Å². The second-order valence-electron chi connectivity index (χ2n) is 5.40. The van der Waals surface area contributed by atoms with Crippen LogP contribution in [-0.4, -0.2) is 13.1 Å². The molecule has 1 aliphatic rings. The smallest absolute Gasteiger partial charge is 0.0377 e. The molecule has 1 atom stereocenters. The van der Waals surface area contributed by atoms with Crippen molar-refractivity contribution in [1.29, 1.82) is 0 Å². The molecular weight excluding hydrogens is 288 g/mol. The van der Waals surface area contributed by atoms with Crippen LogP contribution in [0.3, 0.4) is 0 Å². The molecule has 0 aromatic heterocycles. The molecule has 1 fully saturated rings. The third kappa shape index (κ3) is 3.07. The van der Waals surface area contributed by atoms with Crippen LogP contribution in [0.25, 0.3) is 0 Å². The number of anilines is 1. The van der Waals surface area contributed by atoms with Gasteiger partial charge in [0.1, 0.15) is 0 Å². The van der Waals surface area contributed by atoms with Crippen molar-refractivity contribution in [2.45, 2.75) is 51.1 Å². The largest absolute Gasteiger partial charge is 0.372 e. The quantitative estimate of drug-likeness (QED) is 0.905. The van der Waals surface area contributed by atoms with E-state index in [-0.39, 0.29) is 6.04 Å². The molecule has 0 spiro atoms. The summed E-state index contributed by atoms with van der Waals surface area (Å²) in [7, 11) is 2.21. The first-order valence-electron chi connectivity index (χ1n) is 6.87. The molecule has 1 aromatic carbocycles. The zero-order valence-electron chi connectivity index (χ0n) is 11.3. The summed E-state index contributed by atoms with van der Waals surface area (Å²) < 4.78 is 1.12. The molecule has 0 saturated heterocycles. The Morgan fingerprint density at radius 3 is 2.50 bits per heavy atom. The van der Waals surface area contributed by atoms with Crippen LogP contribution in [0.2, 0.25) is 0 Å². The Labute approximate surface area is 119 Å². The monoisotopic (exact) mass is 310 g/mol. The number of rotatable bonds is 3. The summed E-state index contributed by atoms with van der Waals surface area (Å²) in [5.74, 6) is 0. The van der Waals surface area contributed by atoms with Gasteiger partial charge in [-0.15, -0.1) is 0 Å². The lowest BCUT2D eigenvalue weighted by molar-refractivity contribution is 0.427. The molecule has 0 bridgehead atoms. The predicted molar refractivity (Wildman–Crippen MR) is 82.0 cm³/mol. The highest BCUT2D eigenvalue weighted by Gasteiger charge is 2.19. The zero-order chi connectivity index (χ0) is 13.1. The molecule has 2 rings (SSSR count). The standard InChI is InChI=1S/C15H23BrN2/c1-11(17)14-9-8-13(10-15(14)16)18(2)12-6-4-3-5-7-12/h8-12H,3-7,17H2,1-2H3/t11-/m1/s1. The van der Waals surface area contributed by atoms with Crippen molar-refractivity contribution < 1.29 is 0 Å². The van der Waals surface area contributed by atoms with Gasteiger partial charge in [-0.2, -0.15) is 0 Å². The van der Waals surface area contributed by atoms with E-state index < -0.39 is 0 Å². The van der Waals surface area contributed by atoms with Crippen LogP contribution < -0.4 is 10.6 Å². The fourth-order valence-corrected chi connectivity index (χ4v) is 3.51. The Bertz CT molecular complexity index is 397. The van der Waals surface area contributed by atoms with Gasteiger partial charge < -0.3 is 10.6 Å². The molecular formula is C15H23BrN2.